The molecule has 0 aliphatic carbocycles. The summed E-state index contributed by atoms with van der Waals surface area (Å²) in [6.07, 6.45) is 1.21. The van der Waals surface area contributed by atoms with E-state index in [1.54, 1.807) is 0 Å². The molecule has 10 N–H and O–H groups in total. The van der Waals surface area contributed by atoms with Gasteiger partial charge in [-0.3, -0.25) is 19.4 Å². The first-order valence-corrected chi connectivity index (χ1v) is 11.2. The summed E-state index contributed by atoms with van der Waals surface area (Å²) in [5, 5.41) is 17.0. The molecule has 4 atom stereocenters. The van der Waals surface area contributed by atoms with E-state index in [0.717, 1.165) is 0 Å². The van der Waals surface area contributed by atoms with E-state index in [4.69, 9.17) is 17.2 Å². The first kappa shape index (κ1) is 30.1. The number of aliphatic imine (C=N–C) groups is 1. The number of nitrogens with zero attached hydrogens (tertiary/aromatic N) is 1. The normalized spacial score (nSPS) is 14.7. The molecule has 0 saturated carbocycles. The molecule has 0 fully saturated rings. The van der Waals surface area contributed by atoms with Gasteiger partial charge in [-0.15, -0.1) is 0 Å². The summed E-state index contributed by atoms with van der Waals surface area (Å²) < 4.78 is 0. The van der Waals surface area contributed by atoms with Crippen LogP contribution in [0.1, 0.15) is 60.3 Å². The van der Waals surface area contributed by atoms with Gasteiger partial charge in [0, 0.05) is 6.54 Å². The molecule has 0 radical (unpaired) electrons. The maximum atomic E-state index is 12.8. The highest BCUT2D eigenvalue weighted by molar-refractivity contribution is 5.93. The second-order valence-corrected chi connectivity index (χ2v) is 9.01. The lowest BCUT2D eigenvalue weighted by atomic mass is 10.0. The molecule has 3 amide bonds. The first-order chi connectivity index (χ1) is 15.2. The average Bonchev–Trinajstić information content (AvgIpc) is 2.67. The Morgan fingerprint density at radius 1 is 0.818 bits per heavy atom. The van der Waals surface area contributed by atoms with Crippen LogP contribution in [0.25, 0.3) is 0 Å². The van der Waals surface area contributed by atoms with Gasteiger partial charge in [0.25, 0.3) is 0 Å². The molecule has 0 aromatic carbocycles. The third kappa shape index (κ3) is 13.3. The van der Waals surface area contributed by atoms with Gasteiger partial charge < -0.3 is 38.3 Å². The van der Waals surface area contributed by atoms with Crippen molar-refractivity contribution in [2.24, 2.45) is 34.0 Å². The molecule has 0 spiro atoms. The number of amides is 3. The van der Waals surface area contributed by atoms with E-state index in [2.05, 4.69) is 20.9 Å². The van der Waals surface area contributed by atoms with Crippen molar-refractivity contribution in [2.45, 2.75) is 84.5 Å². The second kappa shape index (κ2) is 15.0. The number of carbonyl (C=O) groups is 4. The van der Waals surface area contributed by atoms with E-state index < -0.39 is 47.9 Å². The predicted molar refractivity (Wildman–Crippen MR) is 126 cm³/mol. The molecule has 33 heavy (non-hydrogen) atoms. The van der Waals surface area contributed by atoms with Crippen LogP contribution < -0.4 is 33.2 Å². The van der Waals surface area contributed by atoms with E-state index in [0.29, 0.717) is 12.8 Å². The van der Waals surface area contributed by atoms with Crippen molar-refractivity contribution in [3.05, 3.63) is 0 Å². The number of aliphatic carboxylic acids is 1. The summed E-state index contributed by atoms with van der Waals surface area (Å²) in [6.45, 7) is 9.32. The lowest BCUT2D eigenvalue weighted by Crippen LogP contribution is -2.56. The molecule has 0 aromatic heterocycles. The number of hydrogen-bond acceptors (Lipinski definition) is 6. The van der Waals surface area contributed by atoms with Crippen LogP contribution in [0, 0.1) is 11.8 Å². The Morgan fingerprint density at radius 2 is 1.36 bits per heavy atom. The van der Waals surface area contributed by atoms with Crippen molar-refractivity contribution >= 4 is 29.7 Å². The molecule has 0 aliphatic heterocycles. The van der Waals surface area contributed by atoms with Crippen molar-refractivity contribution in [2.75, 3.05) is 6.54 Å². The summed E-state index contributed by atoms with van der Waals surface area (Å²) in [6, 6.07) is -3.80. The third-order valence-electron chi connectivity index (χ3n) is 4.71. The van der Waals surface area contributed by atoms with Gasteiger partial charge in [0.2, 0.25) is 17.7 Å². The predicted octanol–water partition coefficient (Wildman–Crippen LogP) is -0.982. The Balaban J connectivity index is 5.09. The molecule has 12 heteroatoms. The SMILES string of the molecule is CC(C)CC(N)C(=O)NC(C)C(=O)NC(CC(C)C)C(=O)NC(CCCN=C(N)N)C(=O)O. The lowest BCUT2D eigenvalue weighted by molar-refractivity contribution is -0.142. The molecule has 190 valence electrons. The fourth-order valence-corrected chi connectivity index (χ4v) is 3.03. The quantitative estimate of drug-likeness (QED) is 0.0892. The molecule has 0 aliphatic rings. The smallest absolute Gasteiger partial charge is 0.326 e. The second-order valence-electron chi connectivity index (χ2n) is 9.01. The lowest BCUT2D eigenvalue weighted by Gasteiger charge is -2.25. The standard InChI is InChI=1S/C21H41N7O5/c1-11(2)9-14(22)18(30)26-13(5)17(29)28-16(10-12(3)4)19(31)27-15(20(32)33)7-6-8-25-21(23)24/h11-16H,6-10,22H2,1-5H3,(H,26,30)(H,27,31)(H,28,29)(H,32,33)(H4,23,24,25). The minimum absolute atomic E-state index is 0.0376. The van der Waals surface area contributed by atoms with Gasteiger partial charge in [-0.25, -0.2) is 4.79 Å². The molecule has 4 unspecified atom stereocenters. The maximum absolute atomic E-state index is 12.8. The summed E-state index contributed by atoms with van der Waals surface area (Å²) >= 11 is 0. The molecule has 0 bridgehead atoms. The zero-order valence-electron chi connectivity index (χ0n) is 20.3. The summed E-state index contributed by atoms with van der Waals surface area (Å²) in [4.78, 5) is 52.9. The van der Waals surface area contributed by atoms with Crippen LogP contribution >= 0.6 is 0 Å². The monoisotopic (exact) mass is 471 g/mol. The fraction of sp³-hybridized carbons (Fsp3) is 0.762. The van der Waals surface area contributed by atoms with Crippen molar-refractivity contribution in [1.82, 2.24) is 16.0 Å². The highest BCUT2D eigenvalue weighted by Crippen LogP contribution is 2.08. The van der Waals surface area contributed by atoms with E-state index >= 15 is 0 Å². The number of nitrogens with one attached hydrogen (secondary N) is 3. The number of hydrogen-bond donors (Lipinski definition) is 7. The van der Waals surface area contributed by atoms with Crippen molar-refractivity contribution < 1.29 is 24.3 Å². The fourth-order valence-electron chi connectivity index (χ4n) is 3.03. The summed E-state index contributed by atoms with van der Waals surface area (Å²) in [5.74, 6) is -2.70. The van der Waals surface area contributed by atoms with Gasteiger partial charge in [-0.2, -0.15) is 0 Å². The van der Waals surface area contributed by atoms with Crippen molar-refractivity contribution in [3.8, 4) is 0 Å². The Kier molecular flexibility index (Phi) is 13.7. The van der Waals surface area contributed by atoms with Gasteiger partial charge in [-0.05, 0) is 44.4 Å². The number of carbonyl (C=O) groups excluding carboxylic acids is 3. The molecular weight excluding hydrogens is 430 g/mol. The zero-order valence-corrected chi connectivity index (χ0v) is 20.3. The molecule has 0 heterocycles. The van der Waals surface area contributed by atoms with Crippen molar-refractivity contribution in [1.29, 1.82) is 0 Å². The van der Waals surface area contributed by atoms with Crippen LogP contribution in [-0.2, 0) is 19.2 Å². The molecule has 0 aromatic rings. The minimum Gasteiger partial charge on any atom is -0.480 e. The Morgan fingerprint density at radius 3 is 1.85 bits per heavy atom. The number of rotatable bonds is 15. The van der Waals surface area contributed by atoms with Crippen LogP contribution in [-0.4, -0.2) is 65.5 Å². The average molecular weight is 472 g/mol. The van der Waals surface area contributed by atoms with E-state index in [9.17, 15) is 24.3 Å². The van der Waals surface area contributed by atoms with Crippen LogP contribution in [0.2, 0.25) is 0 Å². The summed E-state index contributed by atoms with van der Waals surface area (Å²) in [5.41, 5.74) is 16.3. The minimum atomic E-state index is -1.21. The topological polar surface area (TPSA) is 215 Å². The number of guanidine groups is 1. The first-order valence-electron chi connectivity index (χ1n) is 11.2. The van der Waals surface area contributed by atoms with Crippen molar-refractivity contribution in [3.63, 3.8) is 0 Å². The molecule has 0 saturated heterocycles. The molecular formula is C21H41N7O5. The largest absolute Gasteiger partial charge is 0.480 e. The van der Waals surface area contributed by atoms with Gasteiger partial charge in [0.05, 0.1) is 6.04 Å². The van der Waals surface area contributed by atoms with Crippen LogP contribution in [0.3, 0.4) is 0 Å². The maximum Gasteiger partial charge on any atom is 0.326 e. The van der Waals surface area contributed by atoms with Gasteiger partial charge in [0.1, 0.15) is 18.1 Å². The highest BCUT2D eigenvalue weighted by Gasteiger charge is 2.29. The summed E-state index contributed by atoms with van der Waals surface area (Å²) in [7, 11) is 0. The van der Waals surface area contributed by atoms with E-state index in [1.807, 2.05) is 27.7 Å². The van der Waals surface area contributed by atoms with Gasteiger partial charge in [-0.1, -0.05) is 27.7 Å². The van der Waals surface area contributed by atoms with E-state index in [-0.39, 0.29) is 37.2 Å². The Bertz CT molecular complexity index is 692. The highest BCUT2D eigenvalue weighted by atomic mass is 16.4. The van der Waals surface area contributed by atoms with Gasteiger partial charge >= 0.3 is 5.97 Å². The van der Waals surface area contributed by atoms with Crippen LogP contribution in [0.5, 0.6) is 0 Å². The molecule has 0 rings (SSSR count). The van der Waals surface area contributed by atoms with Gasteiger partial charge in [0.15, 0.2) is 5.96 Å². The number of nitrogens with two attached hydrogens (primary N) is 3. The molecule has 12 nitrogen and oxygen atoms in total. The van der Waals surface area contributed by atoms with E-state index in [1.165, 1.54) is 6.92 Å². The van der Waals surface area contributed by atoms with Crippen LogP contribution in [0.4, 0.5) is 0 Å². The van der Waals surface area contributed by atoms with Crippen LogP contribution in [0.15, 0.2) is 4.99 Å². The Hall–Kier alpha value is -2.89. The number of carboxylic acids is 1. The zero-order chi connectivity index (χ0) is 25.7. The number of carboxylic acid groups (broad SMARTS) is 1. The third-order valence-corrected chi connectivity index (χ3v) is 4.71. The Labute approximate surface area is 195 Å².